The molecule has 0 radical (unpaired) electrons. The van der Waals surface area contributed by atoms with Crippen LogP contribution in [0.15, 0.2) is 36.4 Å². The van der Waals surface area contributed by atoms with Gasteiger partial charge in [0.05, 0.1) is 26.9 Å². The highest BCUT2D eigenvalue weighted by Gasteiger charge is 2.32. The van der Waals surface area contributed by atoms with Crippen LogP contribution < -0.4 is 29.6 Å². The lowest BCUT2D eigenvalue weighted by Crippen LogP contribution is -2.58. The number of carbonyl (C=O) groups is 2. The third-order valence-electron chi connectivity index (χ3n) is 6.99. The fourth-order valence-electron chi connectivity index (χ4n) is 4.86. The molecule has 0 saturated carbocycles. The number of benzene rings is 2. The molecule has 2 aromatic carbocycles. The minimum atomic E-state index is -0.253. The van der Waals surface area contributed by atoms with E-state index in [2.05, 4.69) is 15.5 Å². The number of piperidine rings is 1. The molecule has 3 aliphatic heterocycles. The number of likely N-dealkylation sites (tertiary alicyclic amines) is 1. The smallest absolute Gasteiger partial charge is 0.258 e. The number of methoxy groups -OCH3 is 2. The molecule has 39 heavy (non-hydrogen) atoms. The highest BCUT2D eigenvalue weighted by atomic mass is 16.5. The quantitative estimate of drug-likeness (QED) is 0.537. The van der Waals surface area contributed by atoms with Crippen LogP contribution in [0.5, 0.6) is 23.0 Å². The van der Waals surface area contributed by atoms with Gasteiger partial charge in [-0.3, -0.25) is 14.5 Å². The van der Waals surface area contributed by atoms with Crippen molar-refractivity contribution in [3.05, 3.63) is 47.5 Å². The number of amides is 2. The van der Waals surface area contributed by atoms with Crippen LogP contribution in [0.1, 0.15) is 30.9 Å². The second-order valence-electron chi connectivity index (χ2n) is 9.64. The SMILES string of the molecule is CCOCCN1CC[C@@H]2Oc3ccc(c(OC)c3)CNC(=O)CCc3ccc(OC)c(c3)OCC(=O)N[C@@H]2C1. The van der Waals surface area contributed by atoms with Gasteiger partial charge in [-0.05, 0) is 49.6 Å². The van der Waals surface area contributed by atoms with Crippen molar-refractivity contribution in [1.29, 1.82) is 0 Å². The minimum Gasteiger partial charge on any atom is -0.496 e. The molecule has 2 aromatic rings. The van der Waals surface area contributed by atoms with Crippen molar-refractivity contribution in [1.82, 2.24) is 15.5 Å². The monoisotopic (exact) mass is 541 g/mol. The second kappa shape index (κ2) is 14.0. The molecule has 2 atom stereocenters. The number of nitrogens with zero attached hydrogens (tertiary/aromatic N) is 1. The van der Waals surface area contributed by atoms with Gasteiger partial charge in [-0.2, -0.15) is 0 Å². The lowest BCUT2D eigenvalue weighted by Gasteiger charge is -2.38. The van der Waals surface area contributed by atoms with Crippen molar-refractivity contribution in [3.8, 4) is 23.0 Å². The van der Waals surface area contributed by atoms with Crippen LogP contribution in [0.2, 0.25) is 0 Å². The minimum absolute atomic E-state index is 0.0769. The Bertz CT molecular complexity index is 1130. The summed E-state index contributed by atoms with van der Waals surface area (Å²) in [4.78, 5) is 27.9. The summed E-state index contributed by atoms with van der Waals surface area (Å²) in [5.74, 6) is 1.93. The predicted octanol–water partition coefficient (Wildman–Crippen LogP) is 2.32. The standard InChI is InChI=1S/C29H39N3O7/c1-4-37-14-13-32-12-11-24-23(18-32)31-29(34)19-38-27-15-20(5-9-25(27)35-2)6-10-28(33)30-17-21-7-8-22(39-24)16-26(21)36-3/h5,7-9,15-16,23-24H,4,6,10-14,17-19H2,1-3H3,(H,30,33)(H,31,34)/t23-,24+/m1/s1. The number of fused-ring (bicyclic) bond motifs is 9. The zero-order valence-electron chi connectivity index (χ0n) is 23.0. The summed E-state index contributed by atoms with van der Waals surface area (Å²) in [5, 5.41) is 6.10. The maximum atomic E-state index is 13.1. The normalized spacial score (nSPS) is 20.7. The molecule has 0 aromatic heterocycles. The van der Waals surface area contributed by atoms with Crippen molar-refractivity contribution in [3.63, 3.8) is 0 Å². The van der Waals surface area contributed by atoms with Crippen LogP contribution in [0, 0.1) is 0 Å². The Labute approximate surface area is 229 Å². The van der Waals surface area contributed by atoms with Crippen molar-refractivity contribution < 1.29 is 33.3 Å². The number of carbonyl (C=O) groups excluding carboxylic acids is 2. The number of hydrogen-bond donors (Lipinski definition) is 2. The van der Waals surface area contributed by atoms with Crippen molar-refractivity contribution in [2.45, 2.75) is 44.9 Å². The number of aryl methyl sites for hydroxylation is 1. The summed E-state index contributed by atoms with van der Waals surface area (Å²) in [6.07, 6.45) is 1.31. The molecule has 1 saturated heterocycles. The molecule has 10 heteroatoms. The first-order chi connectivity index (χ1) is 19.0. The third kappa shape index (κ3) is 8.00. The van der Waals surface area contributed by atoms with Crippen molar-refractivity contribution >= 4 is 11.8 Å². The Morgan fingerprint density at radius 3 is 2.67 bits per heavy atom. The van der Waals surface area contributed by atoms with E-state index in [1.807, 2.05) is 37.3 Å². The summed E-state index contributed by atoms with van der Waals surface area (Å²) >= 11 is 0. The van der Waals surface area contributed by atoms with Gasteiger partial charge in [0, 0.05) is 50.8 Å². The van der Waals surface area contributed by atoms with E-state index in [0.717, 1.165) is 30.6 Å². The Morgan fingerprint density at radius 2 is 1.87 bits per heavy atom. The first kappa shape index (κ1) is 28.5. The summed E-state index contributed by atoms with van der Waals surface area (Å²) in [6.45, 7) is 5.68. The molecule has 10 nitrogen and oxygen atoms in total. The lowest BCUT2D eigenvalue weighted by atomic mass is 10.0. The Balaban J connectivity index is 1.58. The molecular formula is C29H39N3O7. The largest absolute Gasteiger partial charge is 0.496 e. The van der Waals surface area contributed by atoms with Gasteiger partial charge in [-0.1, -0.05) is 6.07 Å². The molecule has 1 fully saturated rings. The first-order valence-electron chi connectivity index (χ1n) is 13.5. The summed E-state index contributed by atoms with van der Waals surface area (Å²) in [7, 11) is 3.15. The van der Waals surface area contributed by atoms with E-state index in [1.165, 1.54) is 0 Å². The van der Waals surface area contributed by atoms with Crippen LogP contribution in [-0.2, 0) is 27.3 Å². The van der Waals surface area contributed by atoms with Gasteiger partial charge in [0.15, 0.2) is 18.1 Å². The molecule has 5 rings (SSSR count). The van der Waals surface area contributed by atoms with E-state index in [9.17, 15) is 9.59 Å². The zero-order chi connectivity index (χ0) is 27.6. The molecule has 2 N–H and O–H groups in total. The van der Waals surface area contributed by atoms with Crippen LogP contribution in [0.25, 0.3) is 0 Å². The number of ether oxygens (including phenoxy) is 5. The van der Waals surface area contributed by atoms with E-state index in [4.69, 9.17) is 23.7 Å². The van der Waals surface area contributed by atoms with Crippen LogP contribution in [-0.4, -0.2) is 82.5 Å². The molecule has 0 unspecified atom stereocenters. The molecule has 212 valence electrons. The maximum Gasteiger partial charge on any atom is 0.258 e. The third-order valence-corrected chi connectivity index (χ3v) is 6.99. The van der Waals surface area contributed by atoms with Gasteiger partial charge in [0.2, 0.25) is 5.91 Å². The topological polar surface area (TPSA) is 108 Å². The van der Waals surface area contributed by atoms with E-state index in [0.29, 0.717) is 62.1 Å². The van der Waals surface area contributed by atoms with Crippen LogP contribution >= 0.6 is 0 Å². The summed E-state index contributed by atoms with van der Waals surface area (Å²) < 4.78 is 28.8. The molecule has 0 aliphatic carbocycles. The second-order valence-corrected chi connectivity index (χ2v) is 9.64. The van der Waals surface area contributed by atoms with Gasteiger partial charge in [0.25, 0.3) is 5.91 Å². The fraction of sp³-hybridized carbons (Fsp3) is 0.517. The fourth-order valence-corrected chi connectivity index (χ4v) is 4.86. The van der Waals surface area contributed by atoms with Gasteiger partial charge in [-0.15, -0.1) is 0 Å². The van der Waals surface area contributed by atoms with Crippen LogP contribution in [0.4, 0.5) is 0 Å². The Kier molecular flexibility index (Phi) is 10.3. The number of nitrogens with one attached hydrogen (secondary N) is 2. The molecular weight excluding hydrogens is 502 g/mol. The van der Waals surface area contributed by atoms with Gasteiger partial charge in [0.1, 0.15) is 17.6 Å². The maximum absolute atomic E-state index is 13.1. The highest BCUT2D eigenvalue weighted by molar-refractivity contribution is 5.78. The zero-order valence-corrected chi connectivity index (χ0v) is 23.0. The molecule has 3 heterocycles. The lowest BCUT2D eigenvalue weighted by molar-refractivity contribution is -0.125. The number of hydrogen-bond acceptors (Lipinski definition) is 8. The van der Waals surface area contributed by atoms with Crippen molar-refractivity contribution in [2.24, 2.45) is 0 Å². The average molecular weight is 542 g/mol. The molecule has 0 spiro atoms. The Hall–Kier alpha value is -3.50. The van der Waals surface area contributed by atoms with Crippen molar-refractivity contribution in [2.75, 3.05) is 53.7 Å². The van der Waals surface area contributed by atoms with Gasteiger partial charge >= 0.3 is 0 Å². The average Bonchev–Trinajstić information content (AvgIpc) is 2.95. The summed E-state index contributed by atoms with van der Waals surface area (Å²) in [6, 6.07) is 10.8. The first-order valence-corrected chi connectivity index (χ1v) is 13.5. The van der Waals surface area contributed by atoms with Gasteiger partial charge < -0.3 is 34.3 Å². The summed E-state index contributed by atoms with van der Waals surface area (Å²) in [5.41, 5.74) is 1.76. The predicted molar refractivity (Wildman–Crippen MR) is 146 cm³/mol. The highest BCUT2D eigenvalue weighted by Crippen LogP contribution is 2.30. The van der Waals surface area contributed by atoms with E-state index < -0.39 is 0 Å². The van der Waals surface area contributed by atoms with Gasteiger partial charge in [-0.25, -0.2) is 0 Å². The number of rotatable bonds is 6. The van der Waals surface area contributed by atoms with E-state index in [1.54, 1.807) is 20.3 Å². The van der Waals surface area contributed by atoms with E-state index in [-0.39, 0.29) is 30.6 Å². The Morgan fingerprint density at radius 1 is 1.03 bits per heavy atom. The molecule has 2 amide bonds. The molecule has 3 aliphatic rings. The van der Waals surface area contributed by atoms with Crippen LogP contribution in [0.3, 0.4) is 0 Å². The molecule has 4 bridgehead atoms. The van der Waals surface area contributed by atoms with E-state index >= 15 is 0 Å².